The lowest BCUT2D eigenvalue weighted by Crippen LogP contribution is -2.41. The third-order valence-electron chi connectivity index (χ3n) is 6.34. The van der Waals surface area contributed by atoms with Crippen LogP contribution in [-0.2, 0) is 15.7 Å². The zero-order valence-electron chi connectivity index (χ0n) is 19.0. The average molecular weight is 530 g/mol. The number of pyridine rings is 1. The van der Waals surface area contributed by atoms with Crippen molar-refractivity contribution in [1.82, 2.24) is 20.5 Å². The Hall–Kier alpha value is -3.26. The minimum atomic E-state index is -4.68. The van der Waals surface area contributed by atoms with Crippen molar-refractivity contribution >= 4 is 16.8 Å². The Balaban J connectivity index is 1.12. The largest absolute Gasteiger partial charge is 0.522 e. The number of hydrogen-bond donors (Lipinski definition) is 1. The Labute approximate surface area is 205 Å². The molecular formula is C23H20F6N4O4. The Morgan fingerprint density at radius 2 is 1.76 bits per heavy atom. The highest BCUT2D eigenvalue weighted by Gasteiger charge is 2.43. The molecule has 1 N–H and O–H groups in total. The van der Waals surface area contributed by atoms with Gasteiger partial charge in [0.25, 0.3) is 5.91 Å². The van der Waals surface area contributed by atoms with E-state index in [1.165, 1.54) is 18.2 Å². The number of amides is 1. The van der Waals surface area contributed by atoms with E-state index in [0.717, 1.165) is 12.1 Å². The fourth-order valence-corrected chi connectivity index (χ4v) is 4.34. The van der Waals surface area contributed by atoms with Gasteiger partial charge in [-0.15, -0.1) is 23.4 Å². The molecule has 198 valence electrons. The lowest BCUT2D eigenvalue weighted by Gasteiger charge is -2.33. The summed E-state index contributed by atoms with van der Waals surface area (Å²) in [5, 5.41) is 10.9. The first kappa shape index (κ1) is 25.4. The van der Waals surface area contributed by atoms with Gasteiger partial charge in [-0.3, -0.25) is 9.53 Å². The lowest BCUT2D eigenvalue weighted by atomic mass is 9.82. The summed E-state index contributed by atoms with van der Waals surface area (Å²) in [5.41, 5.74) is -0.478. The quantitative estimate of drug-likeness (QED) is 0.460. The Morgan fingerprint density at radius 1 is 1.00 bits per heavy atom. The molecule has 5 rings (SSSR count). The van der Waals surface area contributed by atoms with E-state index in [-0.39, 0.29) is 59.8 Å². The second kappa shape index (κ2) is 9.56. The SMILES string of the molecule is O=C(N[C@H]1CC[C@H](c2nnc(C3CC(OC(F)(F)F)C3)o2)OC1)c1ccc2cc(C(F)(F)F)ccc2n1. The molecule has 1 amide bonds. The van der Waals surface area contributed by atoms with Crippen molar-refractivity contribution in [3.8, 4) is 0 Å². The molecule has 2 atom stereocenters. The first-order valence-electron chi connectivity index (χ1n) is 11.4. The molecule has 0 spiro atoms. The predicted octanol–water partition coefficient (Wildman–Crippen LogP) is 5.07. The number of alkyl halides is 6. The van der Waals surface area contributed by atoms with E-state index in [1.54, 1.807) is 0 Å². The van der Waals surface area contributed by atoms with Crippen molar-refractivity contribution in [3.05, 3.63) is 53.4 Å². The van der Waals surface area contributed by atoms with E-state index in [4.69, 9.17) is 9.15 Å². The molecule has 1 aliphatic carbocycles. The van der Waals surface area contributed by atoms with Crippen molar-refractivity contribution in [3.63, 3.8) is 0 Å². The van der Waals surface area contributed by atoms with Crippen molar-refractivity contribution < 1.29 is 45.0 Å². The van der Waals surface area contributed by atoms with Gasteiger partial charge in [0.2, 0.25) is 11.8 Å². The zero-order valence-corrected chi connectivity index (χ0v) is 19.0. The minimum Gasteiger partial charge on any atom is -0.422 e. The number of nitrogens with one attached hydrogen (secondary N) is 1. The van der Waals surface area contributed by atoms with E-state index in [0.29, 0.717) is 12.8 Å². The van der Waals surface area contributed by atoms with Crippen LogP contribution >= 0.6 is 0 Å². The van der Waals surface area contributed by atoms with Crippen molar-refractivity contribution in [1.29, 1.82) is 0 Å². The molecule has 3 aromatic rings. The molecule has 1 aromatic carbocycles. The zero-order chi connectivity index (χ0) is 26.4. The standard InChI is InChI=1S/C23H20F6N4O4/c24-22(25,26)13-2-5-16-11(7-13)1-4-17(31-16)19(34)30-14-3-6-18(35-10-14)21-33-32-20(36-21)12-8-15(9-12)37-23(27,28)29/h1-2,4-5,7,12,14-15,18H,3,6,8-10H2,(H,30,34)/t12?,14-,15?,18+/m0/s1. The van der Waals surface area contributed by atoms with Crippen LogP contribution in [0.3, 0.4) is 0 Å². The summed E-state index contributed by atoms with van der Waals surface area (Å²) in [6.07, 6.45) is -9.37. The molecule has 37 heavy (non-hydrogen) atoms. The maximum atomic E-state index is 12.9. The number of rotatable bonds is 5. The molecule has 2 fully saturated rings. The smallest absolute Gasteiger partial charge is 0.422 e. The predicted molar refractivity (Wildman–Crippen MR) is 113 cm³/mol. The molecule has 8 nitrogen and oxygen atoms in total. The van der Waals surface area contributed by atoms with Gasteiger partial charge in [-0.2, -0.15) is 13.2 Å². The highest BCUT2D eigenvalue weighted by molar-refractivity contribution is 5.95. The maximum absolute atomic E-state index is 12.9. The number of fused-ring (bicyclic) bond motifs is 1. The molecule has 1 aliphatic heterocycles. The van der Waals surface area contributed by atoms with Crippen LogP contribution in [0.2, 0.25) is 0 Å². The molecule has 0 radical (unpaired) electrons. The first-order chi connectivity index (χ1) is 17.4. The molecule has 0 unspecified atom stereocenters. The Kier molecular flexibility index (Phi) is 6.56. The molecule has 1 saturated heterocycles. The van der Waals surface area contributed by atoms with Gasteiger partial charge in [0.15, 0.2) is 0 Å². The summed E-state index contributed by atoms with van der Waals surface area (Å²) < 4.78 is 90.8. The molecule has 2 aromatic heterocycles. The summed E-state index contributed by atoms with van der Waals surface area (Å²) in [4.78, 5) is 16.8. The number of benzene rings is 1. The summed E-state index contributed by atoms with van der Waals surface area (Å²) in [6, 6.07) is 5.52. The van der Waals surface area contributed by atoms with Crippen molar-refractivity contribution in [2.75, 3.05) is 6.61 Å². The number of hydrogen-bond acceptors (Lipinski definition) is 7. The van der Waals surface area contributed by atoms with Gasteiger partial charge in [-0.1, -0.05) is 6.07 Å². The fraction of sp³-hybridized carbons (Fsp3) is 0.478. The van der Waals surface area contributed by atoms with E-state index >= 15 is 0 Å². The van der Waals surface area contributed by atoms with Gasteiger partial charge in [-0.05, 0) is 49.9 Å². The molecule has 2 aliphatic rings. The van der Waals surface area contributed by atoms with Crippen LogP contribution in [-0.4, -0.2) is 46.2 Å². The van der Waals surface area contributed by atoms with E-state index in [1.807, 2.05) is 0 Å². The number of carbonyl (C=O) groups is 1. The van der Waals surface area contributed by atoms with Crippen LogP contribution in [0.25, 0.3) is 10.9 Å². The maximum Gasteiger partial charge on any atom is 0.522 e. The molecule has 3 heterocycles. The third kappa shape index (κ3) is 5.85. The van der Waals surface area contributed by atoms with Crippen LogP contribution in [0, 0.1) is 0 Å². The van der Waals surface area contributed by atoms with Gasteiger partial charge in [0.1, 0.15) is 11.8 Å². The Morgan fingerprint density at radius 3 is 2.43 bits per heavy atom. The number of nitrogens with zero attached hydrogens (tertiary/aromatic N) is 3. The summed E-state index contributed by atoms with van der Waals surface area (Å²) >= 11 is 0. The van der Waals surface area contributed by atoms with Gasteiger partial charge in [-0.25, -0.2) is 4.98 Å². The van der Waals surface area contributed by atoms with Crippen LogP contribution in [0.4, 0.5) is 26.3 Å². The van der Waals surface area contributed by atoms with E-state index < -0.39 is 36.2 Å². The van der Waals surface area contributed by atoms with Gasteiger partial charge in [0, 0.05) is 11.3 Å². The monoisotopic (exact) mass is 530 g/mol. The average Bonchev–Trinajstić information content (AvgIpc) is 3.29. The number of ether oxygens (including phenoxy) is 2. The summed E-state index contributed by atoms with van der Waals surface area (Å²) in [7, 11) is 0. The van der Waals surface area contributed by atoms with Crippen LogP contribution in [0.15, 0.2) is 34.7 Å². The second-order valence-corrected chi connectivity index (χ2v) is 9.00. The van der Waals surface area contributed by atoms with Crippen molar-refractivity contribution in [2.45, 2.75) is 62.4 Å². The van der Waals surface area contributed by atoms with E-state index in [2.05, 4.69) is 25.2 Å². The number of carbonyl (C=O) groups excluding carboxylic acids is 1. The summed E-state index contributed by atoms with van der Waals surface area (Å²) in [6.45, 7) is 0.140. The van der Waals surface area contributed by atoms with Gasteiger partial charge in [0.05, 0.1) is 29.8 Å². The van der Waals surface area contributed by atoms with Gasteiger partial charge >= 0.3 is 12.5 Å². The first-order valence-corrected chi connectivity index (χ1v) is 11.4. The van der Waals surface area contributed by atoms with Crippen LogP contribution in [0.1, 0.15) is 65.5 Å². The highest BCUT2D eigenvalue weighted by Crippen LogP contribution is 2.41. The number of halogens is 6. The Bertz CT molecular complexity index is 1280. The topological polar surface area (TPSA) is 99.4 Å². The summed E-state index contributed by atoms with van der Waals surface area (Å²) in [5.74, 6) is -0.344. The molecule has 0 bridgehead atoms. The van der Waals surface area contributed by atoms with Crippen molar-refractivity contribution in [2.24, 2.45) is 0 Å². The number of aromatic nitrogens is 3. The second-order valence-electron chi connectivity index (χ2n) is 9.00. The lowest BCUT2D eigenvalue weighted by molar-refractivity contribution is -0.352. The molecule has 1 saturated carbocycles. The third-order valence-corrected chi connectivity index (χ3v) is 6.34. The van der Waals surface area contributed by atoms with Crippen LogP contribution in [0.5, 0.6) is 0 Å². The van der Waals surface area contributed by atoms with E-state index in [9.17, 15) is 31.1 Å². The normalized spacial score (nSPS) is 24.6. The molecule has 14 heteroatoms. The van der Waals surface area contributed by atoms with Crippen LogP contribution < -0.4 is 5.32 Å². The highest BCUT2D eigenvalue weighted by atomic mass is 19.4. The fourth-order valence-electron chi connectivity index (χ4n) is 4.34. The van der Waals surface area contributed by atoms with Gasteiger partial charge < -0.3 is 14.5 Å². The molecular weight excluding hydrogens is 510 g/mol. The minimum absolute atomic E-state index is 0.0595.